The van der Waals surface area contributed by atoms with Crippen molar-refractivity contribution >= 4 is 23.4 Å². The smallest absolute Gasteiger partial charge is 0.316 e. The Bertz CT molecular complexity index is 663. The average molecular weight is 287 g/mol. The maximum absolute atomic E-state index is 12.2. The summed E-state index contributed by atoms with van der Waals surface area (Å²) in [5, 5.41) is 9.36. The van der Waals surface area contributed by atoms with Crippen molar-refractivity contribution in [2.24, 2.45) is 5.73 Å². The zero-order valence-corrected chi connectivity index (χ0v) is 11.8. The van der Waals surface area contributed by atoms with Crippen LogP contribution in [0.25, 0.3) is 0 Å². The fraction of sp³-hybridized carbons (Fsp3) is 0.214. The van der Waals surface area contributed by atoms with Gasteiger partial charge in [-0.1, -0.05) is 6.07 Å². The molecule has 0 fully saturated rings. The number of urea groups is 1. The molecule has 110 valence electrons. The lowest BCUT2D eigenvalue weighted by atomic mass is 10.2. The third kappa shape index (κ3) is 3.59. The number of primary amides is 1. The SMILES string of the molecule is CC(C)n1nccc1NC(=O)c1cccc(NC(N)=O)c1. The molecule has 0 saturated heterocycles. The Morgan fingerprint density at radius 3 is 2.67 bits per heavy atom. The number of carbonyl (C=O) groups excluding carboxylic acids is 2. The van der Waals surface area contributed by atoms with E-state index in [1.54, 1.807) is 41.2 Å². The van der Waals surface area contributed by atoms with Crippen LogP contribution in [0.1, 0.15) is 30.2 Å². The van der Waals surface area contributed by atoms with Gasteiger partial charge in [0.05, 0.1) is 6.20 Å². The summed E-state index contributed by atoms with van der Waals surface area (Å²) in [6, 6.07) is 7.71. The molecule has 4 N–H and O–H groups in total. The lowest BCUT2D eigenvalue weighted by Crippen LogP contribution is -2.20. The van der Waals surface area contributed by atoms with Crippen molar-refractivity contribution < 1.29 is 9.59 Å². The summed E-state index contributed by atoms with van der Waals surface area (Å²) in [4.78, 5) is 23.1. The zero-order chi connectivity index (χ0) is 15.4. The van der Waals surface area contributed by atoms with Gasteiger partial charge in [0, 0.05) is 23.4 Å². The number of carbonyl (C=O) groups is 2. The van der Waals surface area contributed by atoms with Crippen LogP contribution >= 0.6 is 0 Å². The monoisotopic (exact) mass is 287 g/mol. The third-order valence-corrected chi connectivity index (χ3v) is 2.79. The van der Waals surface area contributed by atoms with Gasteiger partial charge in [-0.05, 0) is 32.0 Å². The van der Waals surface area contributed by atoms with E-state index in [2.05, 4.69) is 15.7 Å². The van der Waals surface area contributed by atoms with Crippen LogP contribution in [0.15, 0.2) is 36.5 Å². The molecule has 0 unspecified atom stereocenters. The summed E-state index contributed by atoms with van der Waals surface area (Å²) < 4.78 is 1.71. The van der Waals surface area contributed by atoms with Crippen LogP contribution in [0.4, 0.5) is 16.3 Å². The van der Waals surface area contributed by atoms with Crippen molar-refractivity contribution in [2.45, 2.75) is 19.9 Å². The van der Waals surface area contributed by atoms with Crippen LogP contribution in [0, 0.1) is 0 Å². The van der Waals surface area contributed by atoms with E-state index in [9.17, 15) is 9.59 Å². The first-order chi connectivity index (χ1) is 9.97. The van der Waals surface area contributed by atoms with Gasteiger partial charge in [-0.25, -0.2) is 9.48 Å². The predicted octanol–water partition coefficient (Wildman–Crippen LogP) is 2.21. The Balaban J connectivity index is 2.16. The molecule has 7 nitrogen and oxygen atoms in total. The van der Waals surface area contributed by atoms with Gasteiger partial charge in [-0.15, -0.1) is 0 Å². The molecule has 0 aliphatic carbocycles. The summed E-state index contributed by atoms with van der Waals surface area (Å²) in [5.74, 6) is 0.328. The zero-order valence-electron chi connectivity index (χ0n) is 11.8. The minimum atomic E-state index is -0.676. The number of nitrogens with zero attached hydrogens (tertiary/aromatic N) is 2. The van der Waals surface area contributed by atoms with Gasteiger partial charge in [0.25, 0.3) is 5.91 Å². The van der Waals surface area contributed by atoms with Gasteiger partial charge >= 0.3 is 6.03 Å². The number of benzene rings is 1. The first-order valence-electron chi connectivity index (χ1n) is 6.49. The number of hydrogen-bond acceptors (Lipinski definition) is 3. The molecule has 2 aromatic rings. The standard InChI is InChI=1S/C14H17N5O2/c1-9(2)19-12(6-7-16-19)18-13(20)10-4-3-5-11(8-10)17-14(15)21/h3-9H,1-2H3,(H,18,20)(H3,15,17,21). The lowest BCUT2D eigenvalue weighted by molar-refractivity contribution is 0.102. The van der Waals surface area contributed by atoms with Gasteiger partial charge in [-0.2, -0.15) is 5.10 Å². The maximum atomic E-state index is 12.2. The van der Waals surface area contributed by atoms with E-state index in [-0.39, 0.29) is 11.9 Å². The summed E-state index contributed by atoms with van der Waals surface area (Å²) in [5.41, 5.74) is 5.93. The third-order valence-electron chi connectivity index (χ3n) is 2.79. The molecular weight excluding hydrogens is 270 g/mol. The molecule has 0 atom stereocenters. The molecule has 0 bridgehead atoms. The van der Waals surface area contributed by atoms with E-state index in [1.807, 2.05) is 13.8 Å². The highest BCUT2D eigenvalue weighted by molar-refractivity contribution is 6.04. The molecule has 2 rings (SSSR count). The van der Waals surface area contributed by atoms with Crippen molar-refractivity contribution in [2.75, 3.05) is 10.6 Å². The van der Waals surface area contributed by atoms with Crippen LogP contribution in [-0.4, -0.2) is 21.7 Å². The quantitative estimate of drug-likeness (QED) is 0.803. The number of anilines is 2. The van der Waals surface area contributed by atoms with Crippen LogP contribution in [0.2, 0.25) is 0 Å². The normalized spacial score (nSPS) is 10.4. The Morgan fingerprint density at radius 2 is 2.00 bits per heavy atom. The molecule has 0 saturated carbocycles. The second kappa shape index (κ2) is 6.08. The van der Waals surface area contributed by atoms with Crippen molar-refractivity contribution in [3.63, 3.8) is 0 Å². The van der Waals surface area contributed by atoms with Crippen LogP contribution in [0.5, 0.6) is 0 Å². The van der Waals surface area contributed by atoms with E-state index in [0.29, 0.717) is 17.1 Å². The Hall–Kier alpha value is -2.83. The molecule has 7 heteroatoms. The van der Waals surface area contributed by atoms with Crippen LogP contribution in [0.3, 0.4) is 0 Å². The summed E-state index contributed by atoms with van der Waals surface area (Å²) in [7, 11) is 0. The fourth-order valence-corrected chi connectivity index (χ4v) is 1.89. The first kappa shape index (κ1) is 14.6. The molecule has 1 heterocycles. The topological polar surface area (TPSA) is 102 Å². The number of nitrogens with two attached hydrogens (primary N) is 1. The van der Waals surface area contributed by atoms with E-state index in [4.69, 9.17) is 5.73 Å². The van der Waals surface area contributed by atoms with Crippen molar-refractivity contribution in [1.29, 1.82) is 0 Å². The van der Waals surface area contributed by atoms with Gasteiger partial charge in [0.15, 0.2) is 0 Å². The van der Waals surface area contributed by atoms with Crippen LogP contribution in [-0.2, 0) is 0 Å². The number of rotatable bonds is 4. The minimum Gasteiger partial charge on any atom is -0.351 e. The van der Waals surface area contributed by atoms with Gasteiger partial charge < -0.3 is 16.4 Å². The maximum Gasteiger partial charge on any atom is 0.316 e. The molecule has 3 amide bonds. The Kier molecular flexibility index (Phi) is 4.22. The summed E-state index contributed by atoms with van der Waals surface area (Å²) in [6.07, 6.45) is 1.63. The molecule has 0 aliphatic rings. The van der Waals surface area contributed by atoms with E-state index >= 15 is 0 Å². The lowest BCUT2D eigenvalue weighted by Gasteiger charge is -2.12. The van der Waals surface area contributed by atoms with Gasteiger partial charge in [0.2, 0.25) is 0 Å². The van der Waals surface area contributed by atoms with E-state index < -0.39 is 6.03 Å². The number of aromatic nitrogens is 2. The van der Waals surface area contributed by atoms with Gasteiger partial charge in [-0.3, -0.25) is 4.79 Å². The molecule has 21 heavy (non-hydrogen) atoms. The van der Waals surface area contributed by atoms with E-state index in [0.717, 1.165) is 0 Å². The minimum absolute atomic E-state index is 0.137. The largest absolute Gasteiger partial charge is 0.351 e. The molecule has 0 spiro atoms. The number of amides is 3. The molecule has 0 radical (unpaired) electrons. The Labute approximate surface area is 122 Å². The van der Waals surface area contributed by atoms with Gasteiger partial charge in [0.1, 0.15) is 5.82 Å². The highest BCUT2D eigenvalue weighted by Crippen LogP contribution is 2.16. The fourth-order valence-electron chi connectivity index (χ4n) is 1.89. The average Bonchev–Trinajstić information content (AvgIpc) is 2.86. The predicted molar refractivity (Wildman–Crippen MR) is 80.2 cm³/mol. The first-order valence-corrected chi connectivity index (χ1v) is 6.49. The van der Waals surface area contributed by atoms with Crippen molar-refractivity contribution in [1.82, 2.24) is 9.78 Å². The van der Waals surface area contributed by atoms with Crippen molar-refractivity contribution in [3.05, 3.63) is 42.1 Å². The summed E-state index contributed by atoms with van der Waals surface area (Å²) >= 11 is 0. The highest BCUT2D eigenvalue weighted by atomic mass is 16.2. The summed E-state index contributed by atoms with van der Waals surface area (Å²) in [6.45, 7) is 3.94. The van der Waals surface area contributed by atoms with E-state index in [1.165, 1.54) is 0 Å². The number of hydrogen-bond donors (Lipinski definition) is 3. The molecule has 1 aromatic heterocycles. The molecule has 1 aromatic carbocycles. The van der Waals surface area contributed by atoms with Crippen molar-refractivity contribution in [3.8, 4) is 0 Å². The van der Waals surface area contributed by atoms with Crippen LogP contribution < -0.4 is 16.4 Å². The molecular formula is C14H17N5O2. The number of nitrogens with one attached hydrogen (secondary N) is 2. The second-order valence-corrected chi connectivity index (χ2v) is 4.78. The Morgan fingerprint density at radius 1 is 1.24 bits per heavy atom. The second-order valence-electron chi connectivity index (χ2n) is 4.78. The molecule has 0 aliphatic heterocycles. The highest BCUT2D eigenvalue weighted by Gasteiger charge is 2.11.